The van der Waals surface area contributed by atoms with Crippen LogP contribution in [-0.4, -0.2) is 22.2 Å². The smallest absolute Gasteiger partial charge is 0.142 e. The van der Waals surface area contributed by atoms with E-state index < -0.39 is 5.60 Å². The van der Waals surface area contributed by atoms with Crippen molar-refractivity contribution in [2.24, 2.45) is 0 Å². The molecule has 0 fully saturated rings. The molecule has 0 saturated heterocycles. The molecular weight excluding hydrogens is 178 g/mol. The van der Waals surface area contributed by atoms with E-state index in [-0.39, 0.29) is 0 Å². The van der Waals surface area contributed by atoms with Gasteiger partial charge in [-0.3, -0.25) is 0 Å². The predicted molar refractivity (Wildman–Crippen MR) is 53.7 cm³/mol. The zero-order chi connectivity index (χ0) is 10.6. The minimum absolute atomic E-state index is 0.366. The maximum absolute atomic E-state index is 9.46. The molecule has 1 aromatic rings. The summed E-state index contributed by atoms with van der Waals surface area (Å²) < 4.78 is 0. The lowest BCUT2D eigenvalue weighted by Crippen LogP contribution is -2.29. The average Bonchev–Trinajstić information content (AvgIpc) is 2.14. The fourth-order valence-corrected chi connectivity index (χ4v) is 0.920. The van der Waals surface area contributed by atoms with Crippen molar-refractivity contribution in [3.8, 4) is 6.07 Å². The molecule has 0 aromatic carbocycles. The highest BCUT2D eigenvalue weighted by Crippen LogP contribution is 2.09. The van der Waals surface area contributed by atoms with Gasteiger partial charge in [0, 0.05) is 18.4 Å². The van der Waals surface area contributed by atoms with E-state index in [1.165, 1.54) is 0 Å². The highest BCUT2D eigenvalue weighted by molar-refractivity contribution is 5.46. The van der Waals surface area contributed by atoms with Gasteiger partial charge in [0.25, 0.3) is 0 Å². The topological polar surface area (TPSA) is 68.9 Å². The largest absolute Gasteiger partial charge is 0.389 e. The molecule has 0 atom stereocenters. The van der Waals surface area contributed by atoms with E-state index in [9.17, 15) is 5.11 Å². The van der Waals surface area contributed by atoms with Gasteiger partial charge in [0.1, 0.15) is 11.8 Å². The zero-order valence-corrected chi connectivity index (χ0v) is 8.28. The summed E-state index contributed by atoms with van der Waals surface area (Å²) in [4.78, 5) is 3.84. The first-order valence-electron chi connectivity index (χ1n) is 4.34. The number of hydrogen-bond acceptors (Lipinski definition) is 4. The van der Waals surface area contributed by atoms with Crippen LogP contribution >= 0.6 is 0 Å². The highest BCUT2D eigenvalue weighted by atomic mass is 16.3. The molecule has 4 nitrogen and oxygen atoms in total. The molecule has 74 valence electrons. The molecule has 0 amide bonds. The first-order chi connectivity index (χ1) is 6.51. The summed E-state index contributed by atoms with van der Waals surface area (Å²) in [6.07, 6.45) is 1.56. The van der Waals surface area contributed by atoms with Crippen LogP contribution in [0.3, 0.4) is 0 Å². The van der Waals surface area contributed by atoms with E-state index in [1.807, 2.05) is 6.07 Å². The lowest BCUT2D eigenvalue weighted by atomic mass is 10.1. The molecule has 0 spiro atoms. The van der Waals surface area contributed by atoms with Gasteiger partial charge in [0.05, 0.1) is 5.60 Å². The summed E-state index contributed by atoms with van der Waals surface area (Å²) in [6, 6.07) is 5.35. The molecule has 2 N–H and O–H groups in total. The van der Waals surface area contributed by atoms with Crippen LogP contribution in [0.5, 0.6) is 0 Å². The minimum atomic E-state index is -0.768. The van der Waals surface area contributed by atoms with Crippen LogP contribution in [0.2, 0.25) is 0 Å². The number of aliphatic hydroxyl groups is 1. The van der Waals surface area contributed by atoms with Crippen molar-refractivity contribution in [1.82, 2.24) is 4.98 Å². The fraction of sp³-hybridized carbons (Fsp3) is 0.400. The Kier molecular flexibility index (Phi) is 3.05. The van der Waals surface area contributed by atoms with Crippen molar-refractivity contribution in [2.75, 3.05) is 11.9 Å². The first-order valence-corrected chi connectivity index (χ1v) is 4.34. The van der Waals surface area contributed by atoms with Gasteiger partial charge in [-0.2, -0.15) is 5.26 Å². The van der Waals surface area contributed by atoms with Crippen LogP contribution in [0.4, 0.5) is 5.69 Å². The van der Waals surface area contributed by atoms with Crippen LogP contribution in [0.15, 0.2) is 18.3 Å². The molecule has 0 aliphatic carbocycles. The third-order valence-electron chi connectivity index (χ3n) is 1.60. The van der Waals surface area contributed by atoms with E-state index in [4.69, 9.17) is 5.26 Å². The second-order valence-electron chi connectivity index (χ2n) is 3.71. The van der Waals surface area contributed by atoms with Crippen LogP contribution in [0.1, 0.15) is 19.5 Å². The minimum Gasteiger partial charge on any atom is -0.389 e. The number of nitrogens with zero attached hydrogens (tertiary/aromatic N) is 2. The van der Waals surface area contributed by atoms with Crippen molar-refractivity contribution >= 4 is 5.69 Å². The first kappa shape index (κ1) is 10.5. The van der Waals surface area contributed by atoms with Crippen molar-refractivity contribution in [3.63, 3.8) is 0 Å². The van der Waals surface area contributed by atoms with Crippen molar-refractivity contribution in [1.29, 1.82) is 5.26 Å². The van der Waals surface area contributed by atoms with Gasteiger partial charge in [-0.15, -0.1) is 0 Å². The highest BCUT2D eigenvalue weighted by Gasteiger charge is 2.11. The van der Waals surface area contributed by atoms with Gasteiger partial charge < -0.3 is 10.4 Å². The molecule has 4 heteroatoms. The van der Waals surface area contributed by atoms with Crippen LogP contribution in [-0.2, 0) is 0 Å². The van der Waals surface area contributed by atoms with Crippen LogP contribution in [0.25, 0.3) is 0 Å². The predicted octanol–water partition coefficient (Wildman–Crippen LogP) is 1.14. The summed E-state index contributed by atoms with van der Waals surface area (Å²) >= 11 is 0. The molecule has 1 rings (SSSR count). The van der Waals surface area contributed by atoms with Gasteiger partial charge in [0.2, 0.25) is 0 Å². The van der Waals surface area contributed by atoms with Crippen LogP contribution in [0, 0.1) is 11.3 Å². The summed E-state index contributed by atoms with van der Waals surface area (Å²) in [5.74, 6) is 0. The van der Waals surface area contributed by atoms with Gasteiger partial charge in [-0.25, -0.2) is 4.98 Å². The Bertz CT molecular complexity index is 349. The molecule has 14 heavy (non-hydrogen) atoms. The average molecular weight is 191 g/mol. The maximum Gasteiger partial charge on any atom is 0.142 e. The molecule has 0 unspecified atom stereocenters. The Balaban J connectivity index is 2.65. The van der Waals surface area contributed by atoms with Gasteiger partial charge in [-0.1, -0.05) is 0 Å². The summed E-state index contributed by atoms with van der Waals surface area (Å²) in [5, 5.41) is 21.1. The molecule has 1 heterocycles. The molecule has 0 aliphatic rings. The van der Waals surface area contributed by atoms with Gasteiger partial charge >= 0.3 is 0 Å². The third kappa shape index (κ3) is 3.42. The number of nitrogens with one attached hydrogen (secondary N) is 1. The van der Waals surface area contributed by atoms with E-state index in [1.54, 1.807) is 32.2 Å². The monoisotopic (exact) mass is 191 g/mol. The van der Waals surface area contributed by atoms with E-state index in [2.05, 4.69) is 10.3 Å². The lowest BCUT2D eigenvalue weighted by Gasteiger charge is -2.18. The summed E-state index contributed by atoms with van der Waals surface area (Å²) in [5.41, 5.74) is 0.389. The SMILES string of the molecule is CC(C)(O)CNc1ccnc(C#N)c1. The number of hydrogen-bond donors (Lipinski definition) is 2. The normalized spacial score (nSPS) is 10.7. The molecule has 0 bridgehead atoms. The number of rotatable bonds is 3. The number of anilines is 1. The van der Waals surface area contributed by atoms with E-state index in [0.29, 0.717) is 12.2 Å². The Labute approximate surface area is 83.2 Å². The molecule has 0 saturated carbocycles. The van der Waals surface area contributed by atoms with E-state index >= 15 is 0 Å². The fourth-order valence-electron chi connectivity index (χ4n) is 0.920. The summed E-state index contributed by atoms with van der Waals surface area (Å²) in [7, 11) is 0. The van der Waals surface area contributed by atoms with Crippen LogP contribution < -0.4 is 5.32 Å². The third-order valence-corrected chi connectivity index (χ3v) is 1.60. The van der Waals surface area contributed by atoms with Gasteiger partial charge in [0.15, 0.2) is 0 Å². The summed E-state index contributed by atoms with van der Waals surface area (Å²) in [6.45, 7) is 3.86. The lowest BCUT2D eigenvalue weighted by molar-refractivity contribution is 0.0945. The van der Waals surface area contributed by atoms with E-state index in [0.717, 1.165) is 5.69 Å². The molecular formula is C10H13N3O. The number of pyridine rings is 1. The maximum atomic E-state index is 9.46. The number of aromatic nitrogens is 1. The second-order valence-corrected chi connectivity index (χ2v) is 3.71. The Morgan fingerprint density at radius 2 is 2.36 bits per heavy atom. The Morgan fingerprint density at radius 1 is 1.64 bits per heavy atom. The number of nitriles is 1. The zero-order valence-electron chi connectivity index (χ0n) is 8.28. The molecule has 1 aromatic heterocycles. The standard InChI is InChI=1S/C10H13N3O/c1-10(2,14)7-13-8-3-4-12-9(5-8)6-11/h3-5,14H,7H2,1-2H3,(H,12,13). The van der Waals surface area contributed by atoms with Crippen molar-refractivity contribution in [3.05, 3.63) is 24.0 Å². The Hall–Kier alpha value is -1.60. The van der Waals surface area contributed by atoms with Gasteiger partial charge in [-0.05, 0) is 26.0 Å². The molecule has 0 aliphatic heterocycles. The Morgan fingerprint density at radius 3 is 2.93 bits per heavy atom. The van der Waals surface area contributed by atoms with Crippen molar-refractivity contribution in [2.45, 2.75) is 19.4 Å². The molecule has 0 radical (unpaired) electrons. The van der Waals surface area contributed by atoms with Crippen molar-refractivity contribution < 1.29 is 5.11 Å². The second kappa shape index (κ2) is 4.07. The quantitative estimate of drug-likeness (QED) is 0.751.